The maximum absolute atomic E-state index is 12.5. The van der Waals surface area contributed by atoms with Crippen molar-refractivity contribution in [1.82, 2.24) is 9.88 Å². The molecule has 0 spiro atoms. The van der Waals surface area contributed by atoms with Crippen LogP contribution in [0.1, 0.15) is 10.4 Å². The number of aromatic nitrogens is 1. The Balaban J connectivity index is 0.00000160. The number of ketones is 1. The molecule has 0 amide bonds. The molecule has 10 heteroatoms. The van der Waals surface area contributed by atoms with E-state index in [2.05, 4.69) is 14.8 Å². The number of phenols is 2. The van der Waals surface area contributed by atoms with Crippen LogP contribution in [-0.4, -0.2) is 58.6 Å². The second kappa shape index (κ2) is 11.6. The van der Waals surface area contributed by atoms with E-state index in [1.54, 1.807) is 6.20 Å². The van der Waals surface area contributed by atoms with E-state index in [4.69, 9.17) is 11.6 Å². The van der Waals surface area contributed by atoms with Crippen molar-refractivity contribution in [3.05, 3.63) is 59.2 Å². The van der Waals surface area contributed by atoms with Gasteiger partial charge in [-0.2, -0.15) is 0 Å². The van der Waals surface area contributed by atoms with Gasteiger partial charge in [-0.3, -0.25) is 14.7 Å². The van der Waals surface area contributed by atoms with Crippen molar-refractivity contribution in [2.75, 3.05) is 37.6 Å². The Kier molecular flexibility index (Phi) is 10.1. The van der Waals surface area contributed by atoms with E-state index in [1.807, 2.05) is 24.3 Å². The third-order valence-electron chi connectivity index (χ3n) is 5.04. The van der Waals surface area contributed by atoms with E-state index in [0.717, 1.165) is 42.8 Å². The zero-order valence-corrected chi connectivity index (χ0v) is 19.6. The average molecular weight is 507 g/mol. The number of Topliss-reactive ketones (excluding diaryl/α,β-unsaturated/α-hetero) is 1. The number of halogens is 4. The number of carbonyl (C=O) groups is 1. The van der Waals surface area contributed by atoms with Crippen molar-refractivity contribution in [1.29, 1.82) is 0 Å². The molecule has 2 aromatic carbocycles. The van der Waals surface area contributed by atoms with Gasteiger partial charge in [0.15, 0.2) is 17.3 Å². The maximum Gasteiger partial charge on any atom is 0.176 e. The second-order valence-electron chi connectivity index (χ2n) is 6.88. The molecule has 0 unspecified atom stereocenters. The lowest BCUT2D eigenvalue weighted by molar-refractivity contribution is 0.0926. The van der Waals surface area contributed by atoms with Crippen molar-refractivity contribution in [3.8, 4) is 11.5 Å². The molecule has 3 aromatic rings. The Hall–Kier alpha value is -1.96. The first-order valence-corrected chi connectivity index (χ1v) is 9.46. The highest BCUT2D eigenvalue weighted by molar-refractivity contribution is 6.31. The molecule has 31 heavy (non-hydrogen) atoms. The Morgan fingerprint density at radius 2 is 1.68 bits per heavy atom. The summed E-state index contributed by atoms with van der Waals surface area (Å²) in [4.78, 5) is 21.2. The average Bonchev–Trinajstić information content (AvgIpc) is 2.70. The van der Waals surface area contributed by atoms with Crippen LogP contribution in [0.3, 0.4) is 0 Å². The molecular weight excluding hydrogens is 484 g/mol. The number of nitrogens with zero attached hydrogens (tertiary/aromatic N) is 3. The van der Waals surface area contributed by atoms with Gasteiger partial charge in [0.1, 0.15) is 0 Å². The number of carbonyl (C=O) groups excluding carboxylic acids is 1. The fourth-order valence-corrected chi connectivity index (χ4v) is 3.74. The number of fused-ring (bicyclic) bond motifs is 1. The number of hydrogen-bond donors (Lipinski definition) is 2. The minimum absolute atomic E-state index is 0. The zero-order valence-electron chi connectivity index (χ0n) is 16.4. The summed E-state index contributed by atoms with van der Waals surface area (Å²) in [7, 11) is 0. The van der Waals surface area contributed by atoms with Gasteiger partial charge in [-0.25, -0.2) is 0 Å². The van der Waals surface area contributed by atoms with Crippen molar-refractivity contribution < 1.29 is 15.0 Å². The van der Waals surface area contributed by atoms with Crippen LogP contribution in [0.15, 0.2) is 48.7 Å². The second-order valence-corrected chi connectivity index (χ2v) is 7.32. The van der Waals surface area contributed by atoms with Crippen molar-refractivity contribution in [2.24, 2.45) is 0 Å². The highest BCUT2D eigenvalue weighted by atomic mass is 35.5. The highest BCUT2D eigenvalue weighted by Crippen LogP contribution is 2.30. The van der Waals surface area contributed by atoms with E-state index in [0.29, 0.717) is 10.6 Å². The summed E-state index contributed by atoms with van der Waals surface area (Å²) in [6, 6.07) is 12.0. The van der Waals surface area contributed by atoms with Gasteiger partial charge in [0.25, 0.3) is 0 Å². The number of anilines is 1. The minimum Gasteiger partial charge on any atom is -0.504 e. The molecule has 1 aliphatic heterocycles. The number of benzene rings is 2. The molecule has 6 nitrogen and oxygen atoms in total. The van der Waals surface area contributed by atoms with Gasteiger partial charge in [0, 0.05) is 54.0 Å². The van der Waals surface area contributed by atoms with Crippen LogP contribution in [0.4, 0.5) is 5.69 Å². The third-order valence-corrected chi connectivity index (χ3v) is 5.26. The summed E-state index contributed by atoms with van der Waals surface area (Å²) in [6.45, 7) is 3.31. The lowest BCUT2D eigenvalue weighted by Gasteiger charge is -2.36. The van der Waals surface area contributed by atoms with E-state index in [9.17, 15) is 15.0 Å². The van der Waals surface area contributed by atoms with E-state index in [-0.39, 0.29) is 61.0 Å². The van der Waals surface area contributed by atoms with Crippen LogP contribution >= 0.6 is 48.8 Å². The molecule has 2 heterocycles. The first-order chi connectivity index (χ1) is 13.5. The molecule has 0 aliphatic carbocycles. The number of rotatable bonds is 4. The minimum atomic E-state index is -0.280. The maximum atomic E-state index is 12.5. The van der Waals surface area contributed by atoms with Crippen molar-refractivity contribution >= 4 is 71.2 Å². The molecule has 1 saturated heterocycles. The molecule has 0 saturated carbocycles. The van der Waals surface area contributed by atoms with Crippen LogP contribution in [-0.2, 0) is 0 Å². The summed E-state index contributed by atoms with van der Waals surface area (Å²) in [5.74, 6) is -0.591. The van der Waals surface area contributed by atoms with Crippen molar-refractivity contribution in [2.45, 2.75) is 0 Å². The number of piperazine rings is 1. The molecule has 1 fully saturated rings. The van der Waals surface area contributed by atoms with Crippen LogP contribution in [0.2, 0.25) is 5.02 Å². The lowest BCUT2D eigenvalue weighted by atomic mass is 10.1. The molecule has 4 rings (SSSR count). The predicted octanol–water partition coefficient (Wildman–Crippen LogP) is 4.57. The SMILES string of the molecule is Cl.Cl.Cl.O=C(CN1CCN(c2cc(Cl)cc3ncccc23)CC1)c1ccc(O)c(O)c1. The van der Waals surface area contributed by atoms with Gasteiger partial charge in [0.2, 0.25) is 0 Å². The molecular formula is C21H23Cl4N3O3. The van der Waals surface area contributed by atoms with E-state index >= 15 is 0 Å². The van der Waals surface area contributed by atoms with E-state index < -0.39 is 0 Å². The molecule has 1 aliphatic rings. The number of aromatic hydroxyl groups is 2. The predicted molar refractivity (Wildman–Crippen MR) is 131 cm³/mol. The molecule has 1 aromatic heterocycles. The normalized spacial score (nSPS) is 13.6. The Morgan fingerprint density at radius 1 is 0.968 bits per heavy atom. The fourth-order valence-electron chi connectivity index (χ4n) is 3.53. The quantitative estimate of drug-likeness (QED) is 0.398. The van der Waals surface area contributed by atoms with Crippen LogP contribution in [0.5, 0.6) is 11.5 Å². The van der Waals surface area contributed by atoms with Gasteiger partial charge in [0.05, 0.1) is 12.1 Å². The molecule has 2 N–H and O–H groups in total. The van der Waals surface area contributed by atoms with Gasteiger partial charge in [-0.15, -0.1) is 37.2 Å². The number of phenolic OH excluding ortho intramolecular Hbond substituents is 2. The first-order valence-electron chi connectivity index (χ1n) is 9.08. The van der Waals surface area contributed by atoms with Gasteiger partial charge in [-0.1, -0.05) is 11.6 Å². The van der Waals surface area contributed by atoms with Gasteiger partial charge in [-0.05, 0) is 42.5 Å². The van der Waals surface area contributed by atoms with Crippen molar-refractivity contribution in [3.63, 3.8) is 0 Å². The fraction of sp³-hybridized carbons (Fsp3) is 0.238. The summed E-state index contributed by atoms with van der Waals surface area (Å²) in [6.07, 6.45) is 1.76. The number of hydrogen-bond acceptors (Lipinski definition) is 6. The largest absolute Gasteiger partial charge is 0.504 e. The Morgan fingerprint density at radius 3 is 2.35 bits per heavy atom. The summed E-state index contributed by atoms with van der Waals surface area (Å²) in [5, 5.41) is 20.7. The first kappa shape index (κ1) is 27.1. The smallest absolute Gasteiger partial charge is 0.176 e. The van der Waals surface area contributed by atoms with E-state index in [1.165, 1.54) is 18.2 Å². The summed E-state index contributed by atoms with van der Waals surface area (Å²) >= 11 is 6.27. The van der Waals surface area contributed by atoms with Crippen LogP contribution in [0, 0.1) is 0 Å². The standard InChI is InChI=1S/C21H20ClN3O3.3ClH/c22-15-11-17-16(2-1-5-23-17)18(12-15)25-8-6-24(7-9-25)13-21(28)14-3-4-19(26)20(27)10-14;;;/h1-5,10-12,26-27H,6-9,13H2;3*1H. The lowest BCUT2D eigenvalue weighted by Crippen LogP contribution is -2.48. The third kappa shape index (κ3) is 6.05. The molecule has 168 valence electrons. The summed E-state index contributed by atoms with van der Waals surface area (Å²) < 4.78 is 0. The summed E-state index contributed by atoms with van der Waals surface area (Å²) in [5.41, 5.74) is 2.32. The Bertz CT molecular complexity index is 1040. The van der Waals surface area contributed by atoms with Crippen LogP contribution < -0.4 is 4.90 Å². The van der Waals surface area contributed by atoms with Crippen LogP contribution in [0.25, 0.3) is 10.9 Å². The zero-order chi connectivity index (χ0) is 19.7. The number of pyridine rings is 1. The van der Waals surface area contributed by atoms with Gasteiger partial charge < -0.3 is 15.1 Å². The Labute approximate surface area is 204 Å². The molecule has 0 bridgehead atoms. The van der Waals surface area contributed by atoms with Gasteiger partial charge >= 0.3 is 0 Å². The molecule has 0 radical (unpaired) electrons. The topological polar surface area (TPSA) is 76.9 Å². The molecule has 0 atom stereocenters. The monoisotopic (exact) mass is 505 g/mol. The highest BCUT2D eigenvalue weighted by Gasteiger charge is 2.22.